The van der Waals surface area contributed by atoms with Crippen LogP contribution in [0.5, 0.6) is 5.75 Å². The lowest BCUT2D eigenvalue weighted by Gasteiger charge is -2.45. The number of benzene rings is 1. The molecule has 0 amide bonds. The molecular formula is C25H34O6. The van der Waals surface area contributed by atoms with E-state index in [-0.39, 0.29) is 17.8 Å². The molecule has 1 saturated carbocycles. The predicted molar refractivity (Wildman–Crippen MR) is 117 cm³/mol. The summed E-state index contributed by atoms with van der Waals surface area (Å²) in [4.78, 5) is 24.9. The van der Waals surface area contributed by atoms with Crippen molar-refractivity contribution in [2.24, 2.45) is 17.3 Å². The van der Waals surface area contributed by atoms with Gasteiger partial charge in [-0.3, -0.25) is 4.79 Å². The maximum atomic E-state index is 13.0. The van der Waals surface area contributed by atoms with Crippen LogP contribution in [0.25, 0.3) is 0 Å². The van der Waals surface area contributed by atoms with Gasteiger partial charge in [-0.05, 0) is 56.0 Å². The number of esters is 2. The van der Waals surface area contributed by atoms with Gasteiger partial charge in [-0.1, -0.05) is 26.3 Å². The summed E-state index contributed by atoms with van der Waals surface area (Å²) in [6.07, 6.45) is 2.66. The molecule has 6 heteroatoms. The van der Waals surface area contributed by atoms with E-state index in [1.165, 1.54) is 6.92 Å². The Hall–Kier alpha value is -2.34. The first-order valence-electron chi connectivity index (χ1n) is 10.9. The molecule has 0 spiro atoms. The van der Waals surface area contributed by atoms with Gasteiger partial charge in [0.1, 0.15) is 18.0 Å². The maximum absolute atomic E-state index is 13.0. The second kappa shape index (κ2) is 8.65. The Kier molecular flexibility index (Phi) is 6.51. The Morgan fingerprint density at radius 1 is 1.13 bits per heavy atom. The second-order valence-electron chi connectivity index (χ2n) is 9.55. The molecule has 0 radical (unpaired) electrons. The van der Waals surface area contributed by atoms with Crippen LogP contribution < -0.4 is 4.74 Å². The molecule has 170 valence electrons. The smallest absolute Gasteiger partial charge is 0.338 e. The highest BCUT2D eigenvalue weighted by molar-refractivity contribution is 5.89. The second-order valence-corrected chi connectivity index (χ2v) is 9.55. The van der Waals surface area contributed by atoms with Crippen molar-refractivity contribution < 1.29 is 28.9 Å². The predicted octanol–water partition coefficient (Wildman–Crippen LogP) is 4.31. The van der Waals surface area contributed by atoms with Crippen LogP contribution in [-0.2, 0) is 14.3 Å². The van der Waals surface area contributed by atoms with E-state index in [0.717, 1.165) is 5.57 Å². The number of aliphatic hydroxyl groups is 1. The van der Waals surface area contributed by atoms with Crippen LogP contribution in [0, 0.1) is 17.3 Å². The Morgan fingerprint density at radius 2 is 1.77 bits per heavy atom. The number of hydrogen-bond acceptors (Lipinski definition) is 6. The normalized spacial score (nSPS) is 32.6. The molecule has 1 aromatic rings. The summed E-state index contributed by atoms with van der Waals surface area (Å²) < 4.78 is 16.9. The van der Waals surface area contributed by atoms with Crippen molar-refractivity contribution in [3.8, 4) is 5.75 Å². The maximum Gasteiger partial charge on any atom is 0.338 e. The first-order valence-corrected chi connectivity index (χ1v) is 10.9. The third-order valence-electron chi connectivity index (χ3n) is 7.17. The number of ether oxygens (including phenoxy) is 3. The van der Waals surface area contributed by atoms with Crippen molar-refractivity contribution in [1.82, 2.24) is 0 Å². The fourth-order valence-corrected chi connectivity index (χ4v) is 5.41. The Labute approximate surface area is 184 Å². The van der Waals surface area contributed by atoms with Crippen LogP contribution in [0.1, 0.15) is 64.2 Å². The molecule has 0 bridgehead atoms. The van der Waals surface area contributed by atoms with Crippen molar-refractivity contribution in [3.63, 3.8) is 0 Å². The fourth-order valence-electron chi connectivity index (χ4n) is 5.41. The molecule has 0 aromatic heterocycles. The standard InChI is InChI=1S/C25H34O6/c1-15(2)25(28)12-11-24(5)21(30-17(4)26)14-16(3)13-20(22(24)25)31-23(27)18-7-9-19(29-6)10-8-18/h7-10,14-15,20-22,28H,11-13H2,1-6H3/t20-,21-,22+,24-,25+/m0/s1. The van der Waals surface area contributed by atoms with Crippen molar-refractivity contribution >= 4 is 11.9 Å². The topological polar surface area (TPSA) is 82.1 Å². The minimum Gasteiger partial charge on any atom is -0.497 e. The van der Waals surface area contributed by atoms with Gasteiger partial charge in [-0.25, -0.2) is 4.79 Å². The summed E-state index contributed by atoms with van der Waals surface area (Å²) in [6, 6.07) is 6.78. The first-order chi connectivity index (χ1) is 14.5. The fraction of sp³-hybridized carbons (Fsp3) is 0.600. The Balaban J connectivity index is 1.98. The molecule has 31 heavy (non-hydrogen) atoms. The summed E-state index contributed by atoms with van der Waals surface area (Å²) in [5.74, 6) is -0.556. The quantitative estimate of drug-likeness (QED) is 0.554. The average molecular weight is 431 g/mol. The third-order valence-corrected chi connectivity index (χ3v) is 7.17. The van der Waals surface area contributed by atoms with Gasteiger partial charge in [0.25, 0.3) is 0 Å². The van der Waals surface area contributed by atoms with Gasteiger partial charge in [0.05, 0.1) is 18.3 Å². The SMILES string of the molecule is COc1ccc(C(=O)O[C@H]2CC(C)=C[C@H](OC(C)=O)[C@]3(C)CC[C@@](O)(C(C)C)[C@H]23)cc1. The molecular weight excluding hydrogens is 396 g/mol. The van der Waals surface area contributed by atoms with E-state index in [1.54, 1.807) is 31.4 Å². The van der Waals surface area contributed by atoms with Crippen LogP contribution in [0.3, 0.4) is 0 Å². The van der Waals surface area contributed by atoms with Gasteiger partial charge in [0.15, 0.2) is 0 Å². The van der Waals surface area contributed by atoms with Crippen molar-refractivity contribution in [3.05, 3.63) is 41.5 Å². The monoisotopic (exact) mass is 430 g/mol. The molecule has 0 saturated heterocycles. The highest BCUT2D eigenvalue weighted by atomic mass is 16.6. The van der Waals surface area contributed by atoms with Gasteiger partial charge in [-0.15, -0.1) is 0 Å². The van der Waals surface area contributed by atoms with Crippen LogP contribution in [0.15, 0.2) is 35.9 Å². The summed E-state index contributed by atoms with van der Waals surface area (Å²) in [7, 11) is 1.57. The summed E-state index contributed by atoms with van der Waals surface area (Å²) in [5.41, 5.74) is -0.180. The zero-order valence-electron chi connectivity index (χ0n) is 19.3. The molecule has 1 aromatic carbocycles. The van der Waals surface area contributed by atoms with Gasteiger partial charge in [0.2, 0.25) is 0 Å². The molecule has 0 unspecified atom stereocenters. The summed E-state index contributed by atoms with van der Waals surface area (Å²) in [5, 5.41) is 11.7. The van der Waals surface area contributed by atoms with E-state index in [1.807, 2.05) is 33.8 Å². The molecule has 2 aliphatic rings. The number of rotatable bonds is 5. The molecule has 1 fully saturated rings. The third kappa shape index (κ3) is 4.36. The highest BCUT2D eigenvalue weighted by Gasteiger charge is 2.63. The zero-order valence-corrected chi connectivity index (χ0v) is 19.3. The van der Waals surface area contributed by atoms with Gasteiger partial charge < -0.3 is 19.3 Å². The van der Waals surface area contributed by atoms with Crippen molar-refractivity contribution in [1.29, 1.82) is 0 Å². The zero-order chi connectivity index (χ0) is 23.0. The van der Waals surface area contributed by atoms with Crippen LogP contribution >= 0.6 is 0 Å². The lowest BCUT2D eigenvalue weighted by atomic mass is 9.66. The van der Waals surface area contributed by atoms with Crippen molar-refractivity contribution in [2.75, 3.05) is 7.11 Å². The van der Waals surface area contributed by atoms with Gasteiger partial charge >= 0.3 is 11.9 Å². The molecule has 0 aliphatic heterocycles. The number of carbonyl (C=O) groups excluding carboxylic acids is 2. The number of fused-ring (bicyclic) bond motifs is 1. The summed E-state index contributed by atoms with van der Waals surface area (Å²) >= 11 is 0. The first kappa shape index (κ1) is 23.3. The van der Waals surface area contributed by atoms with Crippen molar-refractivity contribution in [2.45, 2.75) is 71.7 Å². The Bertz CT molecular complexity index is 857. The molecule has 3 rings (SSSR count). The van der Waals surface area contributed by atoms with E-state index in [4.69, 9.17) is 14.2 Å². The minimum atomic E-state index is -1.03. The van der Waals surface area contributed by atoms with E-state index >= 15 is 0 Å². The lowest BCUT2D eigenvalue weighted by Crippen LogP contribution is -2.53. The van der Waals surface area contributed by atoms with Crippen LogP contribution in [0.2, 0.25) is 0 Å². The number of methoxy groups -OCH3 is 1. The average Bonchev–Trinajstić information content (AvgIpc) is 2.94. The molecule has 2 aliphatic carbocycles. The van der Waals surface area contributed by atoms with E-state index in [2.05, 4.69) is 0 Å². The molecule has 5 atom stereocenters. The number of carbonyl (C=O) groups is 2. The van der Waals surface area contributed by atoms with E-state index < -0.39 is 29.2 Å². The minimum absolute atomic E-state index is 0.0436. The number of hydrogen-bond donors (Lipinski definition) is 1. The van der Waals surface area contributed by atoms with E-state index in [0.29, 0.717) is 30.6 Å². The van der Waals surface area contributed by atoms with Gasteiger partial charge in [-0.2, -0.15) is 0 Å². The molecule has 6 nitrogen and oxygen atoms in total. The molecule has 0 heterocycles. The Morgan fingerprint density at radius 3 is 2.32 bits per heavy atom. The highest BCUT2D eigenvalue weighted by Crippen LogP contribution is 2.58. The largest absolute Gasteiger partial charge is 0.497 e. The van der Waals surface area contributed by atoms with Gasteiger partial charge in [0, 0.05) is 24.7 Å². The van der Waals surface area contributed by atoms with Crippen LogP contribution in [0.4, 0.5) is 0 Å². The lowest BCUT2D eigenvalue weighted by molar-refractivity contribution is -0.161. The van der Waals surface area contributed by atoms with Crippen LogP contribution in [-0.4, -0.2) is 42.0 Å². The summed E-state index contributed by atoms with van der Waals surface area (Å²) in [6.45, 7) is 9.36. The molecule has 1 N–H and O–H groups in total. The van der Waals surface area contributed by atoms with E-state index in [9.17, 15) is 14.7 Å².